The van der Waals surface area contributed by atoms with Crippen LogP contribution in [0.4, 0.5) is 10.5 Å². The van der Waals surface area contributed by atoms with Gasteiger partial charge in [0.05, 0.1) is 16.1 Å². The Hall–Kier alpha value is -2.39. The predicted octanol–water partition coefficient (Wildman–Crippen LogP) is 1.41. The first-order chi connectivity index (χ1) is 10.2. The average Bonchev–Trinajstić information content (AvgIpc) is 2.86. The minimum absolute atomic E-state index is 0.0252. The highest BCUT2D eigenvalue weighted by Gasteiger charge is 2.18. The molecule has 5 N–H and O–H groups in total. The summed E-state index contributed by atoms with van der Waals surface area (Å²) in [6.45, 7) is 0. The van der Waals surface area contributed by atoms with Crippen LogP contribution in [-0.2, 0) is 9.84 Å². The number of nitrogens with two attached hydrogens (primary N) is 2. The Labute approximate surface area is 130 Å². The Morgan fingerprint density at radius 2 is 1.86 bits per heavy atom. The van der Waals surface area contributed by atoms with Crippen LogP contribution in [0.25, 0.3) is 10.4 Å². The molecule has 0 unspecified atom stereocenters. The van der Waals surface area contributed by atoms with Gasteiger partial charge >= 0.3 is 6.03 Å². The molecule has 0 aliphatic heterocycles. The first kappa shape index (κ1) is 16.0. The topological polar surface area (TPSA) is 132 Å². The summed E-state index contributed by atoms with van der Waals surface area (Å²) in [6, 6.07) is 4.89. The molecule has 0 saturated carbocycles. The van der Waals surface area contributed by atoms with Crippen molar-refractivity contribution in [3.05, 3.63) is 35.2 Å². The van der Waals surface area contributed by atoms with Crippen molar-refractivity contribution >= 4 is 38.8 Å². The maximum Gasteiger partial charge on any atom is 0.316 e. The lowest BCUT2D eigenvalue weighted by Gasteiger charge is -2.11. The molecule has 9 heteroatoms. The van der Waals surface area contributed by atoms with Crippen LogP contribution in [0.15, 0.2) is 34.5 Å². The summed E-state index contributed by atoms with van der Waals surface area (Å²) in [6.07, 6.45) is 1.05. The van der Waals surface area contributed by atoms with Crippen LogP contribution in [-0.4, -0.2) is 26.6 Å². The lowest BCUT2D eigenvalue weighted by molar-refractivity contribution is 0.100. The summed E-state index contributed by atoms with van der Waals surface area (Å²) in [5.74, 6) is -0.617. The van der Waals surface area contributed by atoms with E-state index in [0.717, 1.165) is 6.26 Å². The number of carbonyl (C=O) groups is 2. The van der Waals surface area contributed by atoms with Crippen LogP contribution in [0.3, 0.4) is 0 Å². The normalized spacial score (nSPS) is 11.1. The van der Waals surface area contributed by atoms with Crippen molar-refractivity contribution in [1.82, 2.24) is 0 Å². The first-order valence-electron chi connectivity index (χ1n) is 5.98. The predicted molar refractivity (Wildman–Crippen MR) is 84.6 cm³/mol. The van der Waals surface area contributed by atoms with E-state index in [4.69, 9.17) is 11.5 Å². The largest absolute Gasteiger partial charge is 0.366 e. The Morgan fingerprint density at radius 3 is 2.41 bits per heavy atom. The highest BCUT2D eigenvalue weighted by Crippen LogP contribution is 2.36. The number of urea groups is 1. The van der Waals surface area contributed by atoms with E-state index in [1.807, 2.05) is 0 Å². The lowest BCUT2D eigenvalue weighted by atomic mass is 10.1. The molecule has 0 bridgehead atoms. The number of sulfone groups is 1. The molecule has 22 heavy (non-hydrogen) atoms. The molecule has 0 radical (unpaired) electrons. The summed E-state index contributed by atoms with van der Waals surface area (Å²) in [5.41, 5.74) is 11.4. The summed E-state index contributed by atoms with van der Waals surface area (Å²) in [4.78, 5) is 23.1. The summed E-state index contributed by atoms with van der Waals surface area (Å²) >= 11 is 1.24. The molecule has 0 aliphatic rings. The van der Waals surface area contributed by atoms with E-state index >= 15 is 0 Å². The van der Waals surface area contributed by atoms with E-state index < -0.39 is 21.8 Å². The van der Waals surface area contributed by atoms with Crippen LogP contribution in [0, 0.1) is 0 Å². The maximum atomic E-state index is 11.6. The zero-order valence-electron chi connectivity index (χ0n) is 11.5. The van der Waals surface area contributed by atoms with Crippen molar-refractivity contribution in [3.63, 3.8) is 0 Å². The van der Waals surface area contributed by atoms with Crippen LogP contribution >= 0.6 is 11.3 Å². The number of thiophene rings is 1. The molecule has 3 amide bonds. The minimum atomic E-state index is -3.45. The molecule has 2 rings (SSSR count). The third-order valence-corrected chi connectivity index (χ3v) is 4.91. The van der Waals surface area contributed by atoms with Crippen molar-refractivity contribution < 1.29 is 18.0 Å². The van der Waals surface area contributed by atoms with Crippen molar-refractivity contribution in [1.29, 1.82) is 0 Å². The van der Waals surface area contributed by atoms with Gasteiger partial charge in [-0.1, -0.05) is 6.07 Å². The van der Waals surface area contributed by atoms with Crippen molar-refractivity contribution in [2.45, 2.75) is 4.90 Å². The standard InChI is InChI=1S/C13H13N3O4S2/c1-22(19,20)7-2-3-8(10(6-7)16-13(15)18)11-9(12(14)17)4-5-21-11/h2-6H,1H3,(H2,14,17)(H3,15,16,18). The Bertz CT molecular complexity index is 856. The quantitative estimate of drug-likeness (QED) is 0.776. The number of rotatable bonds is 4. The van der Waals surface area contributed by atoms with Gasteiger partial charge < -0.3 is 16.8 Å². The van der Waals surface area contributed by atoms with E-state index in [9.17, 15) is 18.0 Å². The average molecular weight is 339 g/mol. The monoisotopic (exact) mass is 339 g/mol. The van der Waals surface area contributed by atoms with Gasteiger partial charge in [0.25, 0.3) is 0 Å². The van der Waals surface area contributed by atoms with Crippen molar-refractivity contribution in [3.8, 4) is 10.4 Å². The van der Waals surface area contributed by atoms with E-state index in [1.54, 1.807) is 11.4 Å². The zero-order chi connectivity index (χ0) is 16.5. The van der Waals surface area contributed by atoms with Gasteiger partial charge in [0, 0.05) is 16.7 Å². The van der Waals surface area contributed by atoms with Crippen molar-refractivity contribution in [2.24, 2.45) is 11.5 Å². The molecule has 0 aliphatic carbocycles. The second-order valence-corrected chi connectivity index (χ2v) is 7.43. The van der Waals surface area contributed by atoms with Gasteiger partial charge in [-0.05, 0) is 23.6 Å². The van der Waals surface area contributed by atoms with Gasteiger partial charge in [0.2, 0.25) is 5.91 Å². The Morgan fingerprint density at radius 1 is 1.18 bits per heavy atom. The number of amides is 3. The second kappa shape index (κ2) is 5.78. The van der Waals surface area contributed by atoms with Gasteiger partial charge in [-0.15, -0.1) is 11.3 Å². The third kappa shape index (κ3) is 3.26. The highest BCUT2D eigenvalue weighted by atomic mass is 32.2. The fraction of sp³-hybridized carbons (Fsp3) is 0.0769. The van der Waals surface area contributed by atoms with Gasteiger partial charge in [0.1, 0.15) is 0 Å². The summed E-state index contributed by atoms with van der Waals surface area (Å²) in [7, 11) is -3.45. The summed E-state index contributed by atoms with van der Waals surface area (Å²) < 4.78 is 23.3. The van der Waals surface area contributed by atoms with Gasteiger partial charge in [0.15, 0.2) is 9.84 Å². The highest BCUT2D eigenvalue weighted by molar-refractivity contribution is 7.90. The first-order valence-corrected chi connectivity index (χ1v) is 8.75. The lowest BCUT2D eigenvalue weighted by Crippen LogP contribution is -2.20. The number of carbonyl (C=O) groups excluding carboxylic acids is 2. The molecule has 1 aromatic carbocycles. The maximum absolute atomic E-state index is 11.6. The molecular formula is C13H13N3O4S2. The van der Waals surface area contributed by atoms with E-state index in [2.05, 4.69) is 5.32 Å². The van der Waals surface area contributed by atoms with Crippen LogP contribution in [0.2, 0.25) is 0 Å². The molecule has 116 valence electrons. The van der Waals surface area contributed by atoms with Crippen LogP contribution < -0.4 is 16.8 Å². The van der Waals surface area contributed by atoms with E-state index in [0.29, 0.717) is 10.4 Å². The van der Waals surface area contributed by atoms with Crippen LogP contribution in [0.5, 0.6) is 0 Å². The Kier molecular flexibility index (Phi) is 4.20. The third-order valence-electron chi connectivity index (χ3n) is 2.85. The SMILES string of the molecule is CS(=O)(=O)c1ccc(-c2sccc2C(N)=O)c(NC(N)=O)c1. The molecule has 0 saturated heterocycles. The molecule has 2 aromatic rings. The zero-order valence-corrected chi connectivity index (χ0v) is 13.1. The summed E-state index contributed by atoms with van der Waals surface area (Å²) in [5, 5.41) is 4.04. The number of nitrogens with one attached hydrogen (secondary N) is 1. The number of benzene rings is 1. The Balaban J connectivity index is 2.67. The van der Waals surface area contributed by atoms with Gasteiger partial charge in [-0.25, -0.2) is 13.2 Å². The molecular weight excluding hydrogens is 326 g/mol. The molecule has 7 nitrogen and oxygen atoms in total. The number of anilines is 1. The molecule has 0 fully saturated rings. The van der Waals surface area contributed by atoms with Gasteiger partial charge in [-0.3, -0.25) is 4.79 Å². The van der Waals surface area contributed by atoms with E-state index in [-0.39, 0.29) is 16.1 Å². The number of hydrogen-bond acceptors (Lipinski definition) is 5. The van der Waals surface area contributed by atoms with Crippen LogP contribution in [0.1, 0.15) is 10.4 Å². The molecule has 0 atom stereocenters. The van der Waals surface area contributed by atoms with Crippen molar-refractivity contribution in [2.75, 3.05) is 11.6 Å². The fourth-order valence-electron chi connectivity index (χ4n) is 1.90. The number of primary amides is 2. The molecule has 0 spiro atoms. The van der Waals surface area contributed by atoms with E-state index in [1.165, 1.54) is 29.5 Å². The minimum Gasteiger partial charge on any atom is -0.366 e. The van der Waals surface area contributed by atoms with Gasteiger partial charge in [-0.2, -0.15) is 0 Å². The number of hydrogen-bond donors (Lipinski definition) is 3. The smallest absolute Gasteiger partial charge is 0.316 e. The second-order valence-electron chi connectivity index (χ2n) is 4.50. The molecule has 1 aromatic heterocycles. The molecule has 1 heterocycles. The fourth-order valence-corrected chi connectivity index (χ4v) is 3.49.